The van der Waals surface area contributed by atoms with Gasteiger partial charge in [0.25, 0.3) is 0 Å². The summed E-state index contributed by atoms with van der Waals surface area (Å²) >= 11 is 0. The number of pyridine rings is 1. The van der Waals surface area contributed by atoms with Crippen LogP contribution in [-0.2, 0) is 11.3 Å². The van der Waals surface area contributed by atoms with E-state index in [4.69, 9.17) is 10.5 Å². The third-order valence-electron chi connectivity index (χ3n) is 4.43. The van der Waals surface area contributed by atoms with Crippen LogP contribution in [0.15, 0.2) is 30.3 Å². The second-order valence-corrected chi connectivity index (χ2v) is 6.44. The van der Waals surface area contributed by atoms with Crippen molar-refractivity contribution >= 4 is 17.2 Å². The molecule has 1 aliphatic heterocycles. The van der Waals surface area contributed by atoms with Crippen molar-refractivity contribution in [3.05, 3.63) is 47.2 Å². The van der Waals surface area contributed by atoms with Gasteiger partial charge in [-0.1, -0.05) is 0 Å². The molecule has 128 valence electrons. The average Bonchev–Trinajstić information content (AvgIpc) is 2.55. The molecule has 0 unspecified atom stereocenters. The minimum atomic E-state index is 0.583. The Morgan fingerprint density at radius 2 is 1.75 bits per heavy atom. The number of methoxy groups -OCH3 is 1. The summed E-state index contributed by atoms with van der Waals surface area (Å²) in [6.07, 6.45) is 0. The van der Waals surface area contributed by atoms with Gasteiger partial charge in [0, 0.05) is 55.9 Å². The fourth-order valence-electron chi connectivity index (χ4n) is 3.34. The van der Waals surface area contributed by atoms with Gasteiger partial charge in [-0.15, -0.1) is 0 Å². The molecule has 5 heteroatoms. The molecular weight excluding hydrogens is 300 g/mol. The number of piperazine rings is 1. The monoisotopic (exact) mass is 326 g/mol. The van der Waals surface area contributed by atoms with Crippen LogP contribution in [0, 0.1) is 13.8 Å². The Morgan fingerprint density at radius 3 is 2.42 bits per heavy atom. The highest BCUT2D eigenvalue weighted by atomic mass is 16.5. The van der Waals surface area contributed by atoms with Crippen LogP contribution in [0.5, 0.6) is 0 Å². The molecule has 0 spiro atoms. The number of anilines is 3. The SMILES string of the molecule is COCc1cc(N)ccc1N1CCN(c2cc(C)cc(C)n2)CC1. The van der Waals surface area contributed by atoms with Crippen molar-refractivity contribution in [2.45, 2.75) is 20.5 Å². The first-order chi connectivity index (χ1) is 11.6. The first-order valence-corrected chi connectivity index (χ1v) is 8.39. The van der Waals surface area contributed by atoms with Crippen molar-refractivity contribution in [3.63, 3.8) is 0 Å². The molecule has 1 saturated heterocycles. The number of hydrogen-bond donors (Lipinski definition) is 1. The third-order valence-corrected chi connectivity index (χ3v) is 4.43. The van der Waals surface area contributed by atoms with E-state index in [0.29, 0.717) is 6.61 Å². The largest absolute Gasteiger partial charge is 0.399 e. The van der Waals surface area contributed by atoms with E-state index in [2.05, 4.69) is 46.8 Å². The van der Waals surface area contributed by atoms with Gasteiger partial charge < -0.3 is 20.3 Å². The van der Waals surface area contributed by atoms with E-state index in [1.807, 2.05) is 12.1 Å². The van der Waals surface area contributed by atoms with Crippen LogP contribution in [0.4, 0.5) is 17.2 Å². The molecule has 0 saturated carbocycles. The van der Waals surface area contributed by atoms with E-state index in [1.165, 1.54) is 11.3 Å². The molecule has 0 bridgehead atoms. The summed E-state index contributed by atoms with van der Waals surface area (Å²) in [6, 6.07) is 10.4. The first kappa shape index (κ1) is 16.6. The second-order valence-electron chi connectivity index (χ2n) is 6.44. The van der Waals surface area contributed by atoms with Gasteiger partial charge in [0.1, 0.15) is 5.82 Å². The molecule has 24 heavy (non-hydrogen) atoms. The molecule has 2 aromatic rings. The summed E-state index contributed by atoms with van der Waals surface area (Å²) in [5, 5.41) is 0. The van der Waals surface area contributed by atoms with Crippen LogP contribution in [0.2, 0.25) is 0 Å². The van der Waals surface area contributed by atoms with E-state index in [0.717, 1.165) is 48.9 Å². The lowest BCUT2D eigenvalue weighted by Gasteiger charge is -2.37. The third kappa shape index (κ3) is 3.62. The Kier molecular flexibility index (Phi) is 4.90. The van der Waals surface area contributed by atoms with Crippen molar-refractivity contribution < 1.29 is 4.74 Å². The lowest BCUT2D eigenvalue weighted by Crippen LogP contribution is -2.47. The molecule has 1 aromatic heterocycles. The molecule has 2 heterocycles. The Bertz CT molecular complexity index is 688. The van der Waals surface area contributed by atoms with E-state index in [9.17, 15) is 0 Å². The Morgan fingerprint density at radius 1 is 1.04 bits per heavy atom. The number of nitrogens with zero attached hydrogens (tertiary/aromatic N) is 3. The molecule has 1 aliphatic rings. The molecular formula is C19H26N4O. The van der Waals surface area contributed by atoms with Crippen molar-refractivity contribution in [3.8, 4) is 0 Å². The van der Waals surface area contributed by atoms with Crippen LogP contribution >= 0.6 is 0 Å². The Balaban J connectivity index is 1.73. The van der Waals surface area contributed by atoms with Gasteiger partial charge in [0.05, 0.1) is 6.61 Å². The normalized spacial score (nSPS) is 15.0. The first-order valence-electron chi connectivity index (χ1n) is 8.39. The molecule has 0 atom stereocenters. The summed E-state index contributed by atoms with van der Waals surface area (Å²) in [6.45, 7) is 8.63. The number of rotatable bonds is 4. The van der Waals surface area contributed by atoms with E-state index >= 15 is 0 Å². The van der Waals surface area contributed by atoms with Crippen molar-refractivity contribution in [2.24, 2.45) is 0 Å². The number of nitrogens with two attached hydrogens (primary N) is 1. The molecule has 3 rings (SSSR count). The fourth-order valence-corrected chi connectivity index (χ4v) is 3.34. The van der Waals surface area contributed by atoms with Crippen LogP contribution in [0.1, 0.15) is 16.8 Å². The van der Waals surface area contributed by atoms with Gasteiger partial charge in [0.2, 0.25) is 0 Å². The summed E-state index contributed by atoms with van der Waals surface area (Å²) in [5.74, 6) is 1.08. The Hall–Kier alpha value is -2.27. The van der Waals surface area contributed by atoms with E-state index < -0.39 is 0 Å². The van der Waals surface area contributed by atoms with Crippen LogP contribution in [0.3, 0.4) is 0 Å². The molecule has 1 aromatic carbocycles. The minimum Gasteiger partial charge on any atom is -0.399 e. The molecule has 0 amide bonds. The average molecular weight is 326 g/mol. The quantitative estimate of drug-likeness (QED) is 0.876. The van der Waals surface area contributed by atoms with Crippen LogP contribution in [0.25, 0.3) is 0 Å². The summed E-state index contributed by atoms with van der Waals surface area (Å²) < 4.78 is 5.33. The predicted molar refractivity (Wildman–Crippen MR) is 99.7 cm³/mol. The van der Waals surface area contributed by atoms with Gasteiger partial charge in [0.15, 0.2) is 0 Å². The molecule has 0 aliphatic carbocycles. The summed E-state index contributed by atoms with van der Waals surface area (Å²) in [7, 11) is 1.72. The number of aromatic nitrogens is 1. The zero-order valence-electron chi connectivity index (χ0n) is 14.7. The van der Waals surface area contributed by atoms with Gasteiger partial charge >= 0.3 is 0 Å². The number of ether oxygens (including phenoxy) is 1. The molecule has 5 nitrogen and oxygen atoms in total. The van der Waals surface area contributed by atoms with Gasteiger partial charge in [-0.3, -0.25) is 0 Å². The van der Waals surface area contributed by atoms with Crippen LogP contribution in [-0.4, -0.2) is 38.3 Å². The maximum Gasteiger partial charge on any atom is 0.129 e. The predicted octanol–water partition coefficient (Wildman–Crippen LogP) is 2.75. The maximum atomic E-state index is 5.92. The molecule has 2 N–H and O–H groups in total. The maximum absolute atomic E-state index is 5.92. The Labute approximate surface area is 144 Å². The van der Waals surface area contributed by atoms with Gasteiger partial charge in [-0.2, -0.15) is 0 Å². The fraction of sp³-hybridized carbons (Fsp3) is 0.421. The second kappa shape index (κ2) is 7.09. The lowest BCUT2D eigenvalue weighted by atomic mass is 10.1. The smallest absolute Gasteiger partial charge is 0.129 e. The molecule has 1 fully saturated rings. The van der Waals surface area contributed by atoms with Gasteiger partial charge in [-0.05, 0) is 49.7 Å². The van der Waals surface area contributed by atoms with Gasteiger partial charge in [-0.25, -0.2) is 4.98 Å². The topological polar surface area (TPSA) is 54.6 Å². The number of nitrogen functional groups attached to an aromatic ring is 1. The van der Waals surface area contributed by atoms with Crippen molar-refractivity contribution in [2.75, 3.05) is 48.8 Å². The van der Waals surface area contributed by atoms with Crippen molar-refractivity contribution in [1.82, 2.24) is 4.98 Å². The number of hydrogen-bond acceptors (Lipinski definition) is 5. The minimum absolute atomic E-state index is 0.583. The van der Waals surface area contributed by atoms with Crippen molar-refractivity contribution in [1.29, 1.82) is 0 Å². The summed E-state index contributed by atoms with van der Waals surface area (Å²) in [5.41, 5.74) is 11.4. The van der Waals surface area contributed by atoms with E-state index in [-0.39, 0.29) is 0 Å². The lowest BCUT2D eigenvalue weighted by molar-refractivity contribution is 0.185. The zero-order valence-corrected chi connectivity index (χ0v) is 14.7. The number of benzene rings is 1. The highest BCUT2D eigenvalue weighted by Gasteiger charge is 2.20. The summed E-state index contributed by atoms with van der Waals surface area (Å²) in [4.78, 5) is 9.46. The highest BCUT2D eigenvalue weighted by Crippen LogP contribution is 2.26. The highest BCUT2D eigenvalue weighted by molar-refractivity contribution is 5.60. The van der Waals surface area contributed by atoms with E-state index in [1.54, 1.807) is 7.11 Å². The molecule has 0 radical (unpaired) electrons. The number of aryl methyl sites for hydroxylation is 2. The zero-order chi connectivity index (χ0) is 17.1. The van der Waals surface area contributed by atoms with Crippen LogP contribution < -0.4 is 15.5 Å². The standard InChI is InChI=1S/C19H26N4O/c1-14-10-15(2)21-19(11-14)23-8-6-22(7-9-23)18-5-4-17(20)12-16(18)13-24-3/h4-5,10-12H,6-9,13,20H2,1-3H3.